The lowest BCUT2D eigenvalue weighted by atomic mass is 9.68. The third kappa shape index (κ3) is 2.66. The molecule has 0 saturated carbocycles. The molecule has 5 heteroatoms. The predicted octanol–water partition coefficient (Wildman–Crippen LogP) is 4.10. The summed E-state index contributed by atoms with van der Waals surface area (Å²) in [7, 11) is 0. The maximum absolute atomic E-state index is 13.7. The second-order valence-electron chi connectivity index (χ2n) is 8.68. The van der Waals surface area contributed by atoms with Crippen LogP contribution in [0.2, 0.25) is 0 Å². The zero-order valence-corrected chi connectivity index (χ0v) is 16.7. The molecule has 1 aromatic heterocycles. The van der Waals surface area contributed by atoms with Gasteiger partial charge in [-0.15, -0.1) is 0 Å². The Labute approximate surface area is 170 Å². The van der Waals surface area contributed by atoms with Gasteiger partial charge in [0.05, 0.1) is 24.2 Å². The van der Waals surface area contributed by atoms with E-state index in [1.165, 1.54) is 0 Å². The van der Waals surface area contributed by atoms with Crippen molar-refractivity contribution >= 4 is 17.5 Å². The second kappa shape index (κ2) is 6.57. The summed E-state index contributed by atoms with van der Waals surface area (Å²) in [6, 6.07) is 14.9. The Morgan fingerprint density at radius 3 is 2.38 bits per heavy atom. The average Bonchev–Trinajstić information content (AvgIpc) is 3.04. The van der Waals surface area contributed by atoms with Crippen molar-refractivity contribution in [3.05, 3.63) is 66.0 Å². The van der Waals surface area contributed by atoms with Crippen LogP contribution in [0.5, 0.6) is 0 Å². The number of aromatic nitrogens is 1. The normalized spacial score (nSPS) is 24.2. The van der Waals surface area contributed by atoms with Crippen molar-refractivity contribution in [2.45, 2.75) is 38.8 Å². The number of anilines is 1. The third-order valence-corrected chi connectivity index (χ3v) is 5.99. The van der Waals surface area contributed by atoms with Crippen LogP contribution in [0.3, 0.4) is 0 Å². The van der Waals surface area contributed by atoms with Gasteiger partial charge in [-0.05, 0) is 29.3 Å². The molecule has 2 aliphatic rings. The standard InChI is InChI=1S/C24H22N4O/c1-23(2,3)22(29)21-20(17-10-12-27-13-11-17)24(14-25,15-26)19-9-8-16-6-4-5-7-18(16)28(19)21/h4-13,19-21H,1-3H3/t19-,20-,21?/m1/s1. The van der Waals surface area contributed by atoms with Crippen LogP contribution in [-0.4, -0.2) is 22.9 Å². The van der Waals surface area contributed by atoms with Crippen molar-refractivity contribution in [2.75, 3.05) is 4.90 Å². The summed E-state index contributed by atoms with van der Waals surface area (Å²) in [5.41, 5.74) is 0.629. The molecule has 144 valence electrons. The minimum absolute atomic E-state index is 0.0155. The summed E-state index contributed by atoms with van der Waals surface area (Å²) in [5.74, 6) is -0.574. The topological polar surface area (TPSA) is 80.8 Å². The van der Waals surface area contributed by atoms with E-state index in [0.29, 0.717) is 0 Å². The van der Waals surface area contributed by atoms with Gasteiger partial charge >= 0.3 is 0 Å². The molecule has 1 unspecified atom stereocenters. The molecule has 3 heterocycles. The molecule has 0 amide bonds. The molecule has 0 radical (unpaired) electrons. The van der Waals surface area contributed by atoms with Crippen LogP contribution >= 0.6 is 0 Å². The SMILES string of the molecule is CC(C)(C)C(=O)C1[C@@H](c2ccncc2)C(C#N)(C#N)[C@H]2C=Cc3ccccc3N12. The highest BCUT2D eigenvalue weighted by molar-refractivity contribution is 5.96. The zero-order chi connectivity index (χ0) is 20.8. The fourth-order valence-corrected chi connectivity index (χ4v) is 4.62. The Kier molecular flexibility index (Phi) is 4.28. The van der Waals surface area contributed by atoms with Crippen molar-refractivity contribution in [3.63, 3.8) is 0 Å². The molecule has 0 N–H and O–H groups in total. The minimum Gasteiger partial charge on any atom is -0.351 e. The number of hydrogen-bond donors (Lipinski definition) is 0. The Morgan fingerprint density at radius 2 is 1.76 bits per heavy atom. The number of nitriles is 2. The zero-order valence-electron chi connectivity index (χ0n) is 16.7. The van der Waals surface area contributed by atoms with Gasteiger partial charge in [0.2, 0.25) is 0 Å². The van der Waals surface area contributed by atoms with E-state index >= 15 is 0 Å². The quantitative estimate of drug-likeness (QED) is 0.781. The number of rotatable bonds is 2. The molecule has 3 atom stereocenters. The highest BCUT2D eigenvalue weighted by Gasteiger charge is 2.64. The van der Waals surface area contributed by atoms with Gasteiger partial charge in [0.1, 0.15) is 0 Å². The number of para-hydroxylation sites is 1. The summed E-state index contributed by atoms with van der Waals surface area (Å²) in [4.78, 5) is 19.8. The Hall–Kier alpha value is -3.44. The highest BCUT2D eigenvalue weighted by Crippen LogP contribution is 2.55. The van der Waals surface area contributed by atoms with Crippen LogP contribution in [0.1, 0.15) is 37.8 Å². The maximum Gasteiger partial charge on any atom is 0.176 e. The molecule has 0 aliphatic carbocycles. The number of carbonyl (C=O) groups excluding carboxylic acids is 1. The molecule has 1 fully saturated rings. The smallest absolute Gasteiger partial charge is 0.176 e. The van der Waals surface area contributed by atoms with Gasteiger partial charge in [0.15, 0.2) is 11.2 Å². The van der Waals surface area contributed by atoms with Gasteiger partial charge in [-0.1, -0.05) is 51.1 Å². The molecule has 0 spiro atoms. The van der Waals surface area contributed by atoms with Gasteiger partial charge in [-0.25, -0.2) is 0 Å². The largest absolute Gasteiger partial charge is 0.351 e. The summed E-state index contributed by atoms with van der Waals surface area (Å²) in [6.45, 7) is 5.66. The summed E-state index contributed by atoms with van der Waals surface area (Å²) in [6.07, 6.45) is 7.15. The van der Waals surface area contributed by atoms with Gasteiger partial charge in [0, 0.05) is 29.4 Å². The van der Waals surface area contributed by atoms with E-state index < -0.39 is 28.8 Å². The van der Waals surface area contributed by atoms with E-state index in [0.717, 1.165) is 16.8 Å². The second-order valence-corrected chi connectivity index (χ2v) is 8.68. The summed E-state index contributed by atoms with van der Waals surface area (Å²) < 4.78 is 0. The number of pyridine rings is 1. The molecule has 2 aromatic rings. The van der Waals surface area contributed by atoms with Crippen LogP contribution in [-0.2, 0) is 4.79 Å². The first-order chi connectivity index (χ1) is 13.8. The Morgan fingerprint density at radius 1 is 1.10 bits per heavy atom. The van der Waals surface area contributed by atoms with Crippen molar-refractivity contribution < 1.29 is 4.79 Å². The fraction of sp³-hybridized carbons (Fsp3) is 0.333. The molecular formula is C24H22N4O. The highest BCUT2D eigenvalue weighted by atomic mass is 16.1. The monoisotopic (exact) mass is 382 g/mol. The van der Waals surface area contributed by atoms with Crippen molar-refractivity contribution in [2.24, 2.45) is 10.8 Å². The van der Waals surface area contributed by atoms with Crippen molar-refractivity contribution in [1.29, 1.82) is 10.5 Å². The Bertz CT molecular complexity index is 1050. The van der Waals surface area contributed by atoms with E-state index in [9.17, 15) is 15.3 Å². The van der Waals surface area contributed by atoms with Crippen LogP contribution in [0.15, 0.2) is 54.9 Å². The molecular weight excluding hydrogens is 360 g/mol. The molecule has 29 heavy (non-hydrogen) atoms. The number of benzene rings is 1. The summed E-state index contributed by atoms with van der Waals surface area (Å²) in [5, 5.41) is 20.6. The molecule has 5 nitrogen and oxygen atoms in total. The van der Waals surface area contributed by atoms with Gasteiger partial charge in [0.25, 0.3) is 0 Å². The van der Waals surface area contributed by atoms with E-state index in [1.54, 1.807) is 12.4 Å². The van der Waals surface area contributed by atoms with Gasteiger partial charge in [-0.3, -0.25) is 9.78 Å². The van der Waals surface area contributed by atoms with Gasteiger partial charge in [-0.2, -0.15) is 10.5 Å². The van der Waals surface area contributed by atoms with Crippen molar-refractivity contribution in [3.8, 4) is 12.1 Å². The van der Waals surface area contributed by atoms with Crippen LogP contribution < -0.4 is 4.90 Å². The third-order valence-electron chi connectivity index (χ3n) is 5.99. The molecule has 0 bridgehead atoms. The molecule has 1 saturated heterocycles. The van der Waals surface area contributed by atoms with Crippen molar-refractivity contribution in [1.82, 2.24) is 4.98 Å². The molecule has 1 aromatic carbocycles. The lowest BCUT2D eigenvalue weighted by Gasteiger charge is -2.37. The van der Waals surface area contributed by atoms with E-state index in [-0.39, 0.29) is 5.78 Å². The van der Waals surface area contributed by atoms with Crippen LogP contribution in [0.4, 0.5) is 5.69 Å². The first-order valence-corrected chi connectivity index (χ1v) is 9.67. The first-order valence-electron chi connectivity index (χ1n) is 9.67. The number of carbonyl (C=O) groups is 1. The van der Waals surface area contributed by atoms with Crippen LogP contribution in [0.25, 0.3) is 6.08 Å². The molecule has 4 rings (SSSR count). The van der Waals surface area contributed by atoms with Gasteiger partial charge < -0.3 is 4.90 Å². The van der Waals surface area contributed by atoms with Crippen LogP contribution in [0, 0.1) is 33.5 Å². The predicted molar refractivity (Wildman–Crippen MR) is 111 cm³/mol. The van der Waals surface area contributed by atoms with E-state index in [1.807, 2.05) is 74.2 Å². The number of fused-ring (bicyclic) bond motifs is 3. The minimum atomic E-state index is -1.39. The number of Topliss-reactive ketones (excluding diaryl/α,β-unsaturated/α-hetero) is 1. The number of ketones is 1. The first kappa shape index (κ1) is 18.9. The average molecular weight is 382 g/mol. The number of hydrogen-bond acceptors (Lipinski definition) is 5. The molecule has 2 aliphatic heterocycles. The number of nitrogens with zero attached hydrogens (tertiary/aromatic N) is 4. The van der Waals surface area contributed by atoms with E-state index in [4.69, 9.17) is 0 Å². The lowest BCUT2D eigenvalue weighted by molar-refractivity contribution is -0.127. The lowest BCUT2D eigenvalue weighted by Crippen LogP contribution is -2.47. The fourth-order valence-electron chi connectivity index (χ4n) is 4.62. The maximum atomic E-state index is 13.7. The Balaban J connectivity index is 2.03. The summed E-state index contributed by atoms with van der Waals surface area (Å²) >= 11 is 0. The van der Waals surface area contributed by atoms with E-state index in [2.05, 4.69) is 17.1 Å².